The van der Waals surface area contributed by atoms with E-state index in [2.05, 4.69) is 36.3 Å². The molecule has 2 fully saturated rings. The van der Waals surface area contributed by atoms with E-state index in [4.69, 9.17) is 0 Å². The number of amides is 2. The van der Waals surface area contributed by atoms with Crippen LogP contribution in [0.1, 0.15) is 59.3 Å². The van der Waals surface area contributed by atoms with E-state index < -0.39 is 0 Å². The zero-order valence-electron chi connectivity index (χ0n) is 15.1. The average molecular weight is 325 g/mol. The molecule has 23 heavy (non-hydrogen) atoms. The molecule has 5 heteroatoms. The lowest BCUT2D eigenvalue weighted by Crippen LogP contribution is -2.52. The van der Waals surface area contributed by atoms with E-state index in [9.17, 15) is 9.90 Å². The predicted molar refractivity (Wildman–Crippen MR) is 93.4 cm³/mol. The Morgan fingerprint density at radius 3 is 2.30 bits per heavy atom. The van der Waals surface area contributed by atoms with Crippen LogP contribution in [0.5, 0.6) is 0 Å². The van der Waals surface area contributed by atoms with Crippen LogP contribution in [0.3, 0.4) is 0 Å². The Hall–Kier alpha value is -0.810. The number of aliphatic hydroxyl groups excluding tert-OH is 1. The van der Waals surface area contributed by atoms with Crippen LogP contribution in [0.15, 0.2) is 0 Å². The van der Waals surface area contributed by atoms with E-state index in [1.807, 2.05) is 0 Å². The standard InChI is InChI=1S/C18H35N3O2/c1-13(2)17(21-10-8-14(3)9-11-21)12-19-18(23)20-15-4-6-16(22)7-5-15/h13-17,22H,4-12H2,1-3H3,(H2,19,20,23). The van der Waals surface area contributed by atoms with Gasteiger partial charge in [-0.3, -0.25) is 4.90 Å². The third-order valence-electron chi connectivity index (χ3n) is 5.56. The van der Waals surface area contributed by atoms with Crippen LogP contribution in [0.2, 0.25) is 0 Å². The van der Waals surface area contributed by atoms with Gasteiger partial charge in [0, 0.05) is 18.6 Å². The highest BCUT2D eigenvalue weighted by Gasteiger charge is 2.26. The summed E-state index contributed by atoms with van der Waals surface area (Å²) in [7, 11) is 0. The summed E-state index contributed by atoms with van der Waals surface area (Å²) in [5.74, 6) is 1.37. The zero-order valence-corrected chi connectivity index (χ0v) is 15.1. The monoisotopic (exact) mass is 325 g/mol. The van der Waals surface area contributed by atoms with Gasteiger partial charge in [-0.25, -0.2) is 4.79 Å². The Morgan fingerprint density at radius 1 is 1.13 bits per heavy atom. The Labute approximate surface area is 141 Å². The van der Waals surface area contributed by atoms with Crippen molar-refractivity contribution in [1.82, 2.24) is 15.5 Å². The van der Waals surface area contributed by atoms with E-state index in [-0.39, 0.29) is 18.2 Å². The summed E-state index contributed by atoms with van der Waals surface area (Å²) in [6.45, 7) is 9.82. The Kier molecular flexibility index (Phi) is 7.15. The Bertz CT molecular complexity index is 359. The smallest absolute Gasteiger partial charge is 0.315 e. The normalized spacial score (nSPS) is 28.6. The molecule has 2 amide bonds. The second kappa shape index (κ2) is 8.88. The first-order valence-corrected chi connectivity index (χ1v) is 9.42. The number of urea groups is 1. The van der Waals surface area contributed by atoms with Gasteiger partial charge in [-0.05, 0) is 63.5 Å². The molecule has 1 heterocycles. The number of piperidine rings is 1. The molecular formula is C18H35N3O2. The highest BCUT2D eigenvalue weighted by molar-refractivity contribution is 5.74. The first-order valence-electron chi connectivity index (χ1n) is 9.42. The fourth-order valence-electron chi connectivity index (χ4n) is 3.80. The minimum absolute atomic E-state index is 0.0533. The lowest BCUT2D eigenvalue weighted by atomic mass is 9.93. The van der Waals surface area contributed by atoms with Crippen LogP contribution >= 0.6 is 0 Å². The van der Waals surface area contributed by atoms with E-state index in [0.29, 0.717) is 18.5 Å². The topological polar surface area (TPSA) is 64.6 Å². The largest absolute Gasteiger partial charge is 0.393 e. The highest BCUT2D eigenvalue weighted by atomic mass is 16.3. The lowest BCUT2D eigenvalue weighted by molar-refractivity contribution is 0.106. The molecule has 2 rings (SSSR count). The van der Waals surface area contributed by atoms with Crippen molar-refractivity contribution < 1.29 is 9.90 Å². The molecule has 1 aliphatic carbocycles. The van der Waals surface area contributed by atoms with Crippen LogP contribution in [0.25, 0.3) is 0 Å². The van der Waals surface area contributed by atoms with Crippen molar-refractivity contribution in [2.45, 2.75) is 77.5 Å². The molecule has 1 aliphatic heterocycles. The molecule has 0 aromatic heterocycles. The molecule has 5 nitrogen and oxygen atoms in total. The number of hydrogen-bond donors (Lipinski definition) is 3. The van der Waals surface area contributed by atoms with Crippen LogP contribution in [-0.2, 0) is 0 Å². The third-order valence-corrected chi connectivity index (χ3v) is 5.56. The summed E-state index contributed by atoms with van der Waals surface area (Å²) in [5.41, 5.74) is 0. The van der Waals surface area contributed by atoms with E-state index >= 15 is 0 Å². The summed E-state index contributed by atoms with van der Waals surface area (Å²) in [4.78, 5) is 14.7. The first kappa shape index (κ1) is 18.5. The molecular weight excluding hydrogens is 290 g/mol. The van der Waals surface area contributed by atoms with E-state index in [1.165, 1.54) is 12.8 Å². The van der Waals surface area contributed by atoms with Crippen molar-refractivity contribution >= 4 is 6.03 Å². The third kappa shape index (κ3) is 5.96. The summed E-state index contributed by atoms with van der Waals surface area (Å²) in [6, 6.07) is 0.579. The lowest BCUT2D eigenvalue weighted by Gasteiger charge is -2.39. The van der Waals surface area contributed by atoms with Crippen molar-refractivity contribution in [3.8, 4) is 0 Å². The van der Waals surface area contributed by atoms with Crippen LogP contribution < -0.4 is 10.6 Å². The van der Waals surface area contributed by atoms with E-state index in [0.717, 1.165) is 44.7 Å². The number of nitrogens with one attached hydrogen (secondary N) is 2. The van der Waals surface area contributed by atoms with Gasteiger partial charge in [-0.2, -0.15) is 0 Å². The van der Waals surface area contributed by atoms with Crippen molar-refractivity contribution in [1.29, 1.82) is 0 Å². The summed E-state index contributed by atoms with van der Waals surface area (Å²) < 4.78 is 0. The first-order chi connectivity index (χ1) is 11.0. The molecule has 0 radical (unpaired) electrons. The maximum atomic E-state index is 12.2. The fraction of sp³-hybridized carbons (Fsp3) is 0.944. The summed E-state index contributed by atoms with van der Waals surface area (Å²) in [5, 5.41) is 15.7. The van der Waals surface area contributed by atoms with Crippen molar-refractivity contribution in [3.63, 3.8) is 0 Å². The molecule has 0 aromatic carbocycles. The quantitative estimate of drug-likeness (QED) is 0.727. The van der Waals surface area contributed by atoms with Crippen LogP contribution in [0.4, 0.5) is 4.79 Å². The van der Waals surface area contributed by atoms with Gasteiger partial charge < -0.3 is 15.7 Å². The average Bonchev–Trinajstić information content (AvgIpc) is 2.51. The Balaban J connectivity index is 1.73. The number of likely N-dealkylation sites (tertiary alicyclic amines) is 1. The number of rotatable bonds is 5. The van der Waals surface area contributed by atoms with Crippen molar-refractivity contribution in [2.24, 2.45) is 11.8 Å². The highest BCUT2D eigenvalue weighted by Crippen LogP contribution is 2.21. The fourth-order valence-corrected chi connectivity index (χ4v) is 3.80. The Morgan fingerprint density at radius 2 is 1.74 bits per heavy atom. The SMILES string of the molecule is CC1CCN(C(CNC(=O)NC2CCC(O)CC2)C(C)C)CC1. The second-order valence-corrected chi connectivity index (χ2v) is 7.89. The molecule has 3 N–H and O–H groups in total. The number of nitrogens with zero attached hydrogens (tertiary/aromatic N) is 1. The minimum atomic E-state index is -0.178. The molecule has 0 spiro atoms. The molecule has 1 unspecified atom stereocenters. The van der Waals surface area contributed by atoms with Crippen molar-refractivity contribution in [2.75, 3.05) is 19.6 Å². The maximum Gasteiger partial charge on any atom is 0.315 e. The van der Waals surface area contributed by atoms with Gasteiger partial charge >= 0.3 is 6.03 Å². The van der Waals surface area contributed by atoms with Gasteiger partial charge in [-0.1, -0.05) is 20.8 Å². The van der Waals surface area contributed by atoms with Gasteiger partial charge in [0.1, 0.15) is 0 Å². The molecule has 0 aromatic rings. The van der Waals surface area contributed by atoms with Gasteiger partial charge in [0.05, 0.1) is 6.10 Å². The van der Waals surface area contributed by atoms with Gasteiger partial charge in [0.25, 0.3) is 0 Å². The molecule has 1 saturated carbocycles. The minimum Gasteiger partial charge on any atom is -0.393 e. The van der Waals surface area contributed by atoms with Gasteiger partial charge in [0.2, 0.25) is 0 Å². The summed E-state index contributed by atoms with van der Waals surface area (Å²) in [6.07, 6.45) is 5.71. The van der Waals surface area contributed by atoms with Crippen molar-refractivity contribution in [3.05, 3.63) is 0 Å². The van der Waals surface area contributed by atoms with Gasteiger partial charge in [0.15, 0.2) is 0 Å². The molecule has 1 atom stereocenters. The molecule has 0 bridgehead atoms. The predicted octanol–water partition coefficient (Wildman–Crippen LogP) is 2.35. The number of carbonyl (C=O) groups excluding carboxylic acids is 1. The maximum absolute atomic E-state index is 12.2. The number of hydrogen-bond acceptors (Lipinski definition) is 3. The second-order valence-electron chi connectivity index (χ2n) is 7.89. The molecule has 1 saturated heterocycles. The molecule has 134 valence electrons. The zero-order chi connectivity index (χ0) is 16.8. The number of aliphatic hydroxyl groups is 1. The number of carbonyl (C=O) groups is 1. The van der Waals surface area contributed by atoms with E-state index in [1.54, 1.807) is 0 Å². The van der Waals surface area contributed by atoms with Crippen LogP contribution in [-0.4, -0.2) is 53.9 Å². The van der Waals surface area contributed by atoms with Crippen LogP contribution in [0, 0.1) is 11.8 Å². The summed E-state index contributed by atoms with van der Waals surface area (Å²) >= 11 is 0. The van der Waals surface area contributed by atoms with Gasteiger partial charge in [-0.15, -0.1) is 0 Å². The molecule has 2 aliphatic rings.